The molecule has 2 heteroatoms. The van der Waals surface area contributed by atoms with Gasteiger partial charge in [0.1, 0.15) is 0 Å². The van der Waals surface area contributed by atoms with Crippen LogP contribution in [0.4, 0.5) is 0 Å². The van der Waals surface area contributed by atoms with Gasteiger partial charge in [0.2, 0.25) is 0 Å². The van der Waals surface area contributed by atoms with Crippen molar-refractivity contribution in [3.8, 4) is 11.8 Å². The summed E-state index contributed by atoms with van der Waals surface area (Å²) in [4.78, 5) is 2.47. The molecule has 1 heterocycles. The average Bonchev–Trinajstić information content (AvgIpc) is 2.47. The molecule has 0 radical (unpaired) electrons. The molecule has 1 aromatic rings. The third-order valence-corrected chi connectivity index (χ3v) is 3.70. The van der Waals surface area contributed by atoms with Crippen molar-refractivity contribution in [1.82, 2.24) is 10.2 Å². The van der Waals surface area contributed by atoms with Crippen LogP contribution in [-0.4, -0.2) is 37.6 Å². The third-order valence-electron chi connectivity index (χ3n) is 3.70. The molecule has 0 amide bonds. The van der Waals surface area contributed by atoms with Gasteiger partial charge < -0.3 is 5.32 Å². The largest absolute Gasteiger partial charge is 0.317 e. The zero-order valence-electron chi connectivity index (χ0n) is 11.9. The van der Waals surface area contributed by atoms with Crippen LogP contribution in [0, 0.1) is 17.8 Å². The number of hydrogen-bond acceptors (Lipinski definition) is 2. The van der Waals surface area contributed by atoms with Gasteiger partial charge in [0, 0.05) is 5.56 Å². The van der Waals surface area contributed by atoms with E-state index in [-0.39, 0.29) is 0 Å². The van der Waals surface area contributed by atoms with Crippen molar-refractivity contribution in [1.29, 1.82) is 0 Å². The van der Waals surface area contributed by atoms with Crippen LogP contribution in [0.5, 0.6) is 0 Å². The van der Waals surface area contributed by atoms with Crippen LogP contribution in [0.25, 0.3) is 0 Å². The first-order chi connectivity index (χ1) is 9.38. The normalized spacial score (nSPS) is 16.9. The highest BCUT2D eigenvalue weighted by Crippen LogP contribution is 2.15. The molecule has 0 unspecified atom stereocenters. The lowest BCUT2D eigenvalue weighted by atomic mass is 9.97. The lowest BCUT2D eigenvalue weighted by Crippen LogP contribution is -2.37. The molecule has 2 rings (SSSR count). The van der Waals surface area contributed by atoms with Crippen molar-refractivity contribution in [2.75, 3.05) is 32.7 Å². The first-order valence-corrected chi connectivity index (χ1v) is 7.35. The summed E-state index contributed by atoms with van der Waals surface area (Å²) in [6, 6.07) is 10.2. The zero-order valence-corrected chi connectivity index (χ0v) is 11.9. The van der Waals surface area contributed by atoms with E-state index < -0.39 is 0 Å². The summed E-state index contributed by atoms with van der Waals surface area (Å²) in [6.07, 6.45) is 2.61. The summed E-state index contributed by atoms with van der Waals surface area (Å²) in [7, 11) is 0. The molecule has 0 bridgehead atoms. The van der Waals surface area contributed by atoms with E-state index in [1.165, 1.54) is 32.5 Å². The Bertz CT molecular complexity index is 408. The smallest absolute Gasteiger partial charge is 0.0605 e. The van der Waals surface area contributed by atoms with E-state index in [1.54, 1.807) is 0 Å². The Hall–Kier alpha value is -1.30. The number of nitrogens with one attached hydrogen (secondary N) is 1. The van der Waals surface area contributed by atoms with Gasteiger partial charge in [-0.05, 0) is 57.1 Å². The first-order valence-electron chi connectivity index (χ1n) is 7.35. The Balaban J connectivity index is 1.70. The van der Waals surface area contributed by atoms with Crippen LogP contribution in [0.2, 0.25) is 0 Å². The second-order valence-electron chi connectivity index (χ2n) is 5.20. The van der Waals surface area contributed by atoms with E-state index in [9.17, 15) is 0 Å². The predicted molar refractivity (Wildman–Crippen MR) is 81.0 cm³/mol. The molecule has 2 nitrogen and oxygen atoms in total. The Morgan fingerprint density at radius 2 is 1.95 bits per heavy atom. The van der Waals surface area contributed by atoms with E-state index in [4.69, 9.17) is 0 Å². The molecule has 1 fully saturated rings. The van der Waals surface area contributed by atoms with Gasteiger partial charge in [0.15, 0.2) is 0 Å². The summed E-state index contributed by atoms with van der Waals surface area (Å²) in [5.41, 5.74) is 1.12. The second kappa shape index (κ2) is 7.99. The molecule has 1 saturated heterocycles. The SMILES string of the molecule is CCNCC1CCN(CC#Cc2ccccc2)CC1. The minimum atomic E-state index is 0.860. The first kappa shape index (κ1) is 14.1. The summed E-state index contributed by atoms with van der Waals surface area (Å²) in [5.74, 6) is 7.38. The second-order valence-corrected chi connectivity index (χ2v) is 5.20. The molecule has 0 saturated carbocycles. The Labute approximate surface area is 117 Å². The Kier molecular flexibility index (Phi) is 5.94. The minimum absolute atomic E-state index is 0.860. The Morgan fingerprint density at radius 1 is 1.21 bits per heavy atom. The molecule has 0 spiro atoms. The summed E-state index contributed by atoms with van der Waals surface area (Å²) >= 11 is 0. The lowest BCUT2D eigenvalue weighted by Gasteiger charge is -2.30. The van der Waals surface area contributed by atoms with Crippen LogP contribution < -0.4 is 5.32 Å². The fourth-order valence-electron chi connectivity index (χ4n) is 2.47. The predicted octanol–water partition coefficient (Wildman–Crippen LogP) is 2.36. The number of likely N-dealkylation sites (tertiary alicyclic amines) is 1. The number of rotatable bonds is 4. The van der Waals surface area contributed by atoms with Crippen molar-refractivity contribution in [2.45, 2.75) is 19.8 Å². The maximum Gasteiger partial charge on any atom is 0.0605 e. The molecule has 19 heavy (non-hydrogen) atoms. The number of nitrogens with zero attached hydrogens (tertiary/aromatic N) is 1. The van der Waals surface area contributed by atoms with Crippen LogP contribution >= 0.6 is 0 Å². The lowest BCUT2D eigenvalue weighted by molar-refractivity contribution is 0.201. The highest BCUT2D eigenvalue weighted by atomic mass is 15.1. The van der Waals surface area contributed by atoms with Gasteiger partial charge in [-0.2, -0.15) is 0 Å². The molecular weight excluding hydrogens is 232 g/mol. The molecule has 1 aliphatic heterocycles. The van der Waals surface area contributed by atoms with Crippen molar-refractivity contribution < 1.29 is 0 Å². The average molecular weight is 256 g/mol. The van der Waals surface area contributed by atoms with Crippen LogP contribution in [-0.2, 0) is 0 Å². The van der Waals surface area contributed by atoms with Crippen molar-refractivity contribution in [3.63, 3.8) is 0 Å². The highest BCUT2D eigenvalue weighted by molar-refractivity contribution is 5.33. The van der Waals surface area contributed by atoms with E-state index in [2.05, 4.69) is 41.1 Å². The highest BCUT2D eigenvalue weighted by Gasteiger charge is 2.17. The fourth-order valence-corrected chi connectivity index (χ4v) is 2.47. The van der Waals surface area contributed by atoms with Gasteiger partial charge in [0.25, 0.3) is 0 Å². The van der Waals surface area contributed by atoms with Gasteiger partial charge >= 0.3 is 0 Å². The van der Waals surface area contributed by atoms with Crippen LogP contribution in [0.15, 0.2) is 30.3 Å². The number of hydrogen-bond donors (Lipinski definition) is 1. The molecular formula is C17H24N2. The summed E-state index contributed by atoms with van der Waals surface area (Å²) in [6.45, 7) is 7.74. The molecule has 1 aromatic carbocycles. The maximum atomic E-state index is 3.45. The zero-order chi connectivity index (χ0) is 13.3. The molecule has 0 aliphatic carbocycles. The van der Waals surface area contributed by atoms with E-state index >= 15 is 0 Å². The quantitative estimate of drug-likeness (QED) is 0.832. The molecule has 102 valence electrons. The van der Waals surface area contributed by atoms with Crippen LogP contribution in [0.3, 0.4) is 0 Å². The molecule has 0 aromatic heterocycles. The van der Waals surface area contributed by atoms with E-state index in [0.717, 1.165) is 24.6 Å². The van der Waals surface area contributed by atoms with Crippen molar-refractivity contribution in [3.05, 3.63) is 35.9 Å². The van der Waals surface area contributed by atoms with Gasteiger partial charge in [-0.25, -0.2) is 0 Å². The Morgan fingerprint density at radius 3 is 2.63 bits per heavy atom. The van der Waals surface area contributed by atoms with E-state index in [1.807, 2.05) is 18.2 Å². The summed E-state index contributed by atoms with van der Waals surface area (Å²) < 4.78 is 0. The fraction of sp³-hybridized carbons (Fsp3) is 0.529. The monoisotopic (exact) mass is 256 g/mol. The maximum absolute atomic E-state index is 3.45. The number of benzene rings is 1. The van der Waals surface area contributed by atoms with Crippen molar-refractivity contribution in [2.24, 2.45) is 5.92 Å². The van der Waals surface area contributed by atoms with Gasteiger partial charge in [0.05, 0.1) is 6.54 Å². The molecule has 1 aliphatic rings. The standard InChI is InChI=1S/C17H24N2/c1-2-18-15-17-10-13-19(14-11-17)12-6-9-16-7-4-3-5-8-16/h3-5,7-8,17-18H,2,10-15H2,1H3. The van der Waals surface area contributed by atoms with Gasteiger partial charge in [-0.1, -0.05) is 37.0 Å². The topological polar surface area (TPSA) is 15.3 Å². The molecule has 0 atom stereocenters. The van der Waals surface area contributed by atoms with Gasteiger partial charge in [-0.3, -0.25) is 4.90 Å². The van der Waals surface area contributed by atoms with Gasteiger partial charge in [-0.15, -0.1) is 0 Å². The van der Waals surface area contributed by atoms with E-state index in [0.29, 0.717) is 0 Å². The van der Waals surface area contributed by atoms with Crippen LogP contribution in [0.1, 0.15) is 25.3 Å². The number of piperidine rings is 1. The third kappa shape index (κ3) is 5.06. The summed E-state index contributed by atoms with van der Waals surface area (Å²) in [5, 5.41) is 3.45. The molecule has 1 N–H and O–H groups in total. The van der Waals surface area contributed by atoms with Crippen molar-refractivity contribution >= 4 is 0 Å². The minimum Gasteiger partial charge on any atom is -0.317 e.